The van der Waals surface area contributed by atoms with Crippen LogP contribution in [0.1, 0.15) is 41.2 Å². The molecular formula is C28H30FNO4. The molecule has 5 rings (SSSR count). The molecule has 3 aromatic carbocycles. The van der Waals surface area contributed by atoms with Crippen LogP contribution in [-0.2, 0) is 12.2 Å². The predicted molar refractivity (Wildman–Crippen MR) is 127 cm³/mol. The molecule has 2 aliphatic heterocycles. The number of likely N-dealkylation sites (tertiary alicyclic amines) is 1. The molecule has 5 nitrogen and oxygen atoms in total. The van der Waals surface area contributed by atoms with Crippen LogP contribution in [0.2, 0.25) is 0 Å². The highest BCUT2D eigenvalue weighted by atomic mass is 19.1. The van der Waals surface area contributed by atoms with Crippen molar-refractivity contribution in [2.75, 3.05) is 19.7 Å². The number of rotatable bonds is 5. The molecule has 1 fully saturated rings. The first-order chi connectivity index (χ1) is 16.4. The number of hydrogen-bond acceptors (Lipinski definition) is 5. The highest BCUT2D eigenvalue weighted by Gasteiger charge is 2.40. The Kier molecular flexibility index (Phi) is 6.30. The first-order valence-corrected chi connectivity index (χ1v) is 11.8. The second-order valence-corrected chi connectivity index (χ2v) is 9.33. The average Bonchev–Trinajstić information content (AvgIpc) is 2.85. The molecule has 2 heterocycles. The first-order valence-electron chi connectivity index (χ1n) is 11.8. The van der Waals surface area contributed by atoms with E-state index in [1.807, 2.05) is 49.4 Å². The van der Waals surface area contributed by atoms with Crippen LogP contribution in [0, 0.1) is 12.7 Å². The van der Waals surface area contributed by atoms with Gasteiger partial charge in [0.2, 0.25) is 0 Å². The Morgan fingerprint density at radius 2 is 1.76 bits per heavy atom. The minimum Gasteiger partial charge on any atom is -0.491 e. The fraction of sp³-hybridized carbons (Fsp3) is 0.357. The van der Waals surface area contributed by atoms with Crippen molar-refractivity contribution in [2.24, 2.45) is 0 Å². The maximum absolute atomic E-state index is 13.3. The Morgan fingerprint density at radius 3 is 2.47 bits per heavy atom. The number of aliphatic hydroxyl groups excluding tert-OH is 1. The van der Waals surface area contributed by atoms with Crippen LogP contribution in [0.25, 0.3) is 0 Å². The Hall–Kier alpha value is -2.93. The zero-order valence-corrected chi connectivity index (χ0v) is 19.3. The third-order valence-corrected chi connectivity index (χ3v) is 7.11. The molecule has 0 saturated carbocycles. The Morgan fingerprint density at radius 1 is 1.06 bits per heavy atom. The van der Waals surface area contributed by atoms with Gasteiger partial charge in [0.1, 0.15) is 36.6 Å². The molecule has 0 aliphatic carbocycles. The molecule has 2 N–H and O–H groups in total. The largest absolute Gasteiger partial charge is 0.491 e. The Bertz CT molecular complexity index is 1130. The SMILES string of the molecule is Cc1cc2c(cc1OCc1ccccc1)OCC(N1CCC(O)(c3ccc(F)cc3)CC1)[C@H]2O. The molecule has 178 valence electrons. The van der Waals surface area contributed by atoms with Gasteiger partial charge in [0.15, 0.2) is 0 Å². The molecule has 0 spiro atoms. The molecule has 1 saturated heterocycles. The van der Waals surface area contributed by atoms with Gasteiger partial charge < -0.3 is 19.7 Å². The fourth-order valence-electron chi connectivity index (χ4n) is 4.99. The lowest BCUT2D eigenvalue weighted by Gasteiger charge is -2.44. The molecule has 0 aromatic heterocycles. The summed E-state index contributed by atoms with van der Waals surface area (Å²) in [5.41, 5.74) is 2.55. The average molecular weight is 464 g/mol. The third kappa shape index (κ3) is 4.53. The van der Waals surface area contributed by atoms with E-state index in [1.165, 1.54) is 12.1 Å². The van der Waals surface area contributed by atoms with Crippen LogP contribution in [0.3, 0.4) is 0 Å². The standard InChI is InChI=1S/C28H30FNO4/c1-19-15-23-26(16-25(19)33-17-20-5-3-2-4-6-20)34-18-24(27(23)31)30-13-11-28(32,12-14-30)21-7-9-22(29)10-8-21/h2-10,15-16,24,27,31-32H,11-14,17-18H2,1H3/t24?,27-/m0/s1. The molecule has 1 unspecified atom stereocenters. The van der Waals surface area contributed by atoms with Crippen molar-refractivity contribution in [1.82, 2.24) is 4.90 Å². The van der Waals surface area contributed by atoms with Gasteiger partial charge in [-0.3, -0.25) is 4.90 Å². The minimum absolute atomic E-state index is 0.194. The molecule has 34 heavy (non-hydrogen) atoms. The molecular weight excluding hydrogens is 433 g/mol. The third-order valence-electron chi connectivity index (χ3n) is 7.11. The van der Waals surface area contributed by atoms with Gasteiger partial charge >= 0.3 is 0 Å². The quantitative estimate of drug-likeness (QED) is 0.584. The highest BCUT2D eigenvalue weighted by molar-refractivity contribution is 5.48. The molecule has 2 atom stereocenters. The second kappa shape index (κ2) is 9.37. The van der Waals surface area contributed by atoms with Crippen LogP contribution in [0.4, 0.5) is 4.39 Å². The number of fused-ring (bicyclic) bond motifs is 1. The van der Waals surface area contributed by atoms with Gasteiger partial charge in [-0.05, 0) is 54.7 Å². The van der Waals surface area contributed by atoms with Crippen LogP contribution in [0.5, 0.6) is 11.5 Å². The van der Waals surface area contributed by atoms with Crippen molar-refractivity contribution < 1.29 is 24.1 Å². The Balaban J connectivity index is 1.26. The molecule has 0 radical (unpaired) electrons. The van der Waals surface area contributed by atoms with Gasteiger partial charge in [-0.25, -0.2) is 4.39 Å². The fourth-order valence-corrected chi connectivity index (χ4v) is 4.99. The van der Waals surface area contributed by atoms with E-state index in [0.29, 0.717) is 44.9 Å². The molecule has 3 aromatic rings. The number of nitrogens with zero attached hydrogens (tertiary/aromatic N) is 1. The van der Waals surface area contributed by atoms with Crippen LogP contribution >= 0.6 is 0 Å². The highest BCUT2D eigenvalue weighted by Crippen LogP contribution is 2.41. The Labute approximate surface area is 199 Å². The molecule has 6 heteroatoms. The smallest absolute Gasteiger partial charge is 0.128 e. The van der Waals surface area contributed by atoms with Crippen LogP contribution in [-0.4, -0.2) is 40.9 Å². The number of aryl methyl sites for hydroxylation is 1. The van der Waals surface area contributed by atoms with Crippen molar-refractivity contribution in [2.45, 2.75) is 44.1 Å². The van der Waals surface area contributed by atoms with Crippen molar-refractivity contribution in [3.63, 3.8) is 0 Å². The van der Waals surface area contributed by atoms with Crippen molar-refractivity contribution >= 4 is 0 Å². The van der Waals surface area contributed by atoms with Gasteiger partial charge in [0.05, 0.1) is 11.6 Å². The summed E-state index contributed by atoms with van der Waals surface area (Å²) >= 11 is 0. The van der Waals surface area contributed by atoms with E-state index in [4.69, 9.17) is 9.47 Å². The summed E-state index contributed by atoms with van der Waals surface area (Å²) in [4.78, 5) is 2.18. The summed E-state index contributed by atoms with van der Waals surface area (Å²) in [6.45, 7) is 4.04. The molecule has 0 bridgehead atoms. The van der Waals surface area contributed by atoms with E-state index < -0.39 is 11.7 Å². The summed E-state index contributed by atoms with van der Waals surface area (Å²) in [6, 6.07) is 19.7. The molecule has 2 aliphatic rings. The number of benzene rings is 3. The van der Waals surface area contributed by atoms with Gasteiger partial charge in [0.25, 0.3) is 0 Å². The number of hydrogen-bond donors (Lipinski definition) is 2. The topological polar surface area (TPSA) is 62.2 Å². The van der Waals surface area contributed by atoms with E-state index in [2.05, 4.69) is 4.90 Å². The van der Waals surface area contributed by atoms with Crippen molar-refractivity contribution in [1.29, 1.82) is 0 Å². The molecule has 0 amide bonds. The van der Waals surface area contributed by atoms with Crippen LogP contribution < -0.4 is 9.47 Å². The minimum atomic E-state index is -0.982. The van der Waals surface area contributed by atoms with Crippen molar-refractivity contribution in [3.8, 4) is 11.5 Å². The second-order valence-electron chi connectivity index (χ2n) is 9.33. The van der Waals surface area contributed by atoms with Gasteiger partial charge in [-0.1, -0.05) is 42.5 Å². The van der Waals surface area contributed by atoms with E-state index >= 15 is 0 Å². The maximum Gasteiger partial charge on any atom is 0.128 e. The maximum atomic E-state index is 13.3. The van der Waals surface area contributed by atoms with Gasteiger partial charge in [0, 0.05) is 24.7 Å². The lowest BCUT2D eigenvalue weighted by Crippen LogP contribution is -2.52. The summed E-state index contributed by atoms with van der Waals surface area (Å²) < 4.78 is 25.4. The number of aliphatic hydroxyl groups is 2. The summed E-state index contributed by atoms with van der Waals surface area (Å²) in [5, 5.41) is 22.3. The van der Waals surface area contributed by atoms with E-state index in [-0.39, 0.29) is 11.9 Å². The van der Waals surface area contributed by atoms with Crippen molar-refractivity contribution in [3.05, 3.63) is 94.8 Å². The lowest BCUT2D eigenvalue weighted by atomic mass is 9.83. The summed E-state index contributed by atoms with van der Waals surface area (Å²) in [6.07, 6.45) is 0.336. The summed E-state index contributed by atoms with van der Waals surface area (Å²) in [5.74, 6) is 1.09. The van der Waals surface area contributed by atoms with Gasteiger partial charge in [-0.2, -0.15) is 0 Å². The summed E-state index contributed by atoms with van der Waals surface area (Å²) in [7, 11) is 0. The first kappa shape index (κ1) is 22.8. The van der Waals surface area contributed by atoms with E-state index in [1.54, 1.807) is 12.1 Å². The zero-order valence-electron chi connectivity index (χ0n) is 19.3. The van der Waals surface area contributed by atoms with Crippen LogP contribution in [0.15, 0.2) is 66.7 Å². The number of halogens is 1. The van der Waals surface area contributed by atoms with E-state index in [0.717, 1.165) is 28.0 Å². The lowest BCUT2D eigenvalue weighted by molar-refractivity contribution is -0.0665. The van der Waals surface area contributed by atoms with E-state index in [9.17, 15) is 14.6 Å². The van der Waals surface area contributed by atoms with Gasteiger partial charge in [-0.15, -0.1) is 0 Å². The monoisotopic (exact) mass is 463 g/mol. The predicted octanol–water partition coefficient (Wildman–Crippen LogP) is 4.49. The number of ether oxygens (including phenoxy) is 2. The zero-order chi connectivity index (χ0) is 23.7. The number of piperidine rings is 1. The normalized spacial score (nSPS) is 22.0.